The molecule has 5 rings (SSSR count). The molecular weight excluding hydrogens is 274 g/mol. The molecule has 0 unspecified atom stereocenters. The molecule has 5 fully saturated rings. The summed E-state index contributed by atoms with van der Waals surface area (Å²) in [7, 11) is 0. The molecular formula is C18H31N3O. The van der Waals surface area contributed by atoms with Crippen LogP contribution < -0.4 is 10.6 Å². The number of amides is 2. The second kappa shape index (κ2) is 6.03. The normalized spacial score (nSPS) is 40.6. The van der Waals surface area contributed by atoms with E-state index < -0.39 is 0 Å². The van der Waals surface area contributed by atoms with Gasteiger partial charge in [-0.1, -0.05) is 6.42 Å². The molecule has 4 bridgehead atoms. The van der Waals surface area contributed by atoms with Crippen molar-refractivity contribution in [2.45, 2.75) is 63.3 Å². The molecule has 0 spiro atoms. The molecule has 2 N–H and O–H groups in total. The van der Waals surface area contributed by atoms with Gasteiger partial charge in [-0.05, 0) is 82.2 Å². The highest BCUT2D eigenvalue weighted by Crippen LogP contribution is 2.55. The summed E-state index contributed by atoms with van der Waals surface area (Å²) in [4.78, 5) is 14.8. The summed E-state index contributed by atoms with van der Waals surface area (Å²) >= 11 is 0. The van der Waals surface area contributed by atoms with Crippen molar-refractivity contribution in [1.29, 1.82) is 0 Å². The summed E-state index contributed by atoms with van der Waals surface area (Å²) in [6.45, 7) is 4.21. The van der Waals surface area contributed by atoms with Gasteiger partial charge in [0.1, 0.15) is 0 Å². The Morgan fingerprint density at radius 1 is 0.955 bits per heavy atom. The molecule has 4 aliphatic carbocycles. The molecule has 2 amide bonds. The van der Waals surface area contributed by atoms with E-state index in [2.05, 4.69) is 15.5 Å². The van der Waals surface area contributed by atoms with Crippen molar-refractivity contribution in [2.75, 3.05) is 26.2 Å². The molecule has 22 heavy (non-hydrogen) atoms. The SMILES string of the molecule is O=C(NCCN1CCCCC1)NC12CC3CC(CC(C3)C1)C2. The quantitative estimate of drug-likeness (QED) is 0.839. The molecule has 4 nitrogen and oxygen atoms in total. The molecule has 4 heteroatoms. The molecule has 124 valence electrons. The van der Waals surface area contributed by atoms with Gasteiger partial charge in [0, 0.05) is 18.6 Å². The molecule has 5 aliphatic rings. The zero-order chi connectivity index (χ0) is 15.0. The van der Waals surface area contributed by atoms with E-state index in [-0.39, 0.29) is 11.6 Å². The summed E-state index contributed by atoms with van der Waals surface area (Å²) in [6, 6.07) is 0.0824. The van der Waals surface area contributed by atoms with E-state index >= 15 is 0 Å². The zero-order valence-electron chi connectivity index (χ0n) is 13.8. The lowest BCUT2D eigenvalue weighted by atomic mass is 9.53. The summed E-state index contributed by atoms with van der Waals surface area (Å²) < 4.78 is 0. The van der Waals surface area contributed by atoms with Crippen LogP contribution in [-0.4, -0.2) is 42.6 Å². The number of carbonyl (C=O) groups excluding carboxylic acids is 1. The van der Waals surface area contributed by atoms with Crippen molar-refractivity contribution in [2.24, 2.45) is 17.8 Å². The molecule has 0 aromatic heterocycles. The maximum atomic E-state index is 12.3. The summed E-state index contributed by atoms with van der Waals surface area (Å²) in [5.74, 6) is 2.67. The Labute approximate surface area is 134 Å². The predicted molar refractivity (Wildman–Crippen MR) is 87.7 cm³/mol. The summed E-state index contributed by atoms with van der Waals surface area (Å²) in [5, 5.41) is 6.51. The number of urea groups is 1. The molecule has 0 radical (unpaired) electrons. The molecule has 0 aromatic carbocycles. The van der Waals surface area contributed by atoms with E-state index in [1.807, 2.05) is 0 Å². The third-order valence-electron chi connectivity index (χ3n) is 6.58. The Hall–Kier alpha value is -0.770. The first kappa shape index (κ1) is 14.8. The molecule has 1 aliphatic heterocycles. The maximum Gasteiger partial charge on any atom is 0.315 e. The van der Waals surface area contributed by atoms with E-state index in [9.17, 15) is 4.79 Å². The second-order valence-corrected chi connectivity index (χ2v) is 8.48. The van der Waals surface area contributed by atoms with Crippen molar-refractivity contribution in [3.8, 4) is 0 Å². The monoisotopic (exact) mass is 305 g/mol. The van der Waals surface area contributed by atoms with Gasteiger partial charge in [-0.15, -0.1) is 0 Å². The fourth-order valence-electron chi connectivity index (χ4n) is 6.06. The predicted octanol–water partition coefficient (Wildman–Crippen LogP) is 2.74. The lowest BCUT2D eigenvalue weighted by Gasteiger charge is -2.56. The minimum Gasteiger partial charge on any atom is -0.337 e. The Kier molecular flexibility index (Phi) is 4.05. The van der Waals surface area contributed by atoms with Crippen LogP contribution in [0.5, 0.6) is 0 Å². The third-order valence-corrected chi connectivity index (χ3v) is 6.58. The van der Waals surface area contributed by atoms with E-state index in [0.29, 0.717) is 0 Å². The topological polar surface area (TPSA) is 44.4 Å². The summed E-state index contributed by atoms with van der Waals surface area (Å²) in [6.07, 6.45) is 12.0. The van der Waals surface area contributed by atoms with Gasteiger partial charge in [-0.3, -0.25) is 0 Å². The van der Waals surface area contributed by atoms with Crippen LogP contribution in [-0.2, 0) is 0 Å². The van der Waals surface area contributed by atoms with Gasteiger partial charge < -0.3 is 15.5 Å². The van der Waals surface area contributed by atoms with Gasteiger partial charge in [0.2, 0.25) is 0 Å². The molecule has 1 saturated heterocycles. The van der Waals surface area contributed by atoms with E-state index in [4.69, 9.17) is 0 Å². The maximum absolute atomic E-state index is 12.3. The Morgan fingerprint density at radius 2 is 1.55 bits per heavy atom. The Balaban J connectivity index is 1.24. The first-order chi connectivity index (χ1) is 10.7. The summed E-state index contributed by atoms with van der Waals surface area (Å²) in [5.41, 5.74) is 0.143. The lowest BCUT2D eigenvalue weighted by Crippen LogP contribution is -2.61. The van der Waals surface area contributed by atoms with Crippen LogP contribution in [0.15, 0.2) is 0 Å². The minimum absolute atomic E-state index is 0.0824. The first-order valence-electron chi connectivity index (χ1n) is 9.49. The fraction of sp³-hybridized carbons (Fsp3) is 0.944. The second-order valence-electron chi connectivity index (χ2n) is 8.48. The number of hydrogen-bond donors (Lipinski definition) is 2. The largest absolute Gasteiger partial charge is 0.337 e. The highest BCUT2D eigenvalue weighted by atomic mass is 16.2. The van der Waals surface area contributed by atoms with Crippen LogP contribution in [0, 0.1) is 17.8 Å². The molecule has 0 atom stereocenters. The average molecular weight is 305 g/mol. The van der Waals surface area contributed by atoms with Crippen molar-refractivity contribution >= 4 is 6.03 Å². The van der Waals surface area contributed by atoms with E-state index in [1.165, 1.54) is 70.9 Å². The van der Waals surface area contributed by atoms with Gasteiger partial charge in [0.15, 0.2) is 0 Å². The van der Waals surface area contributed by atoms with Crippen LogP contribution in [0.1, 0.15) is 57.8 Å². The zero-order valence-corrected chi connectivity index (χ0v) is 13.8. The third kappa shape index (κ3) is 3.12. The lowest BCUT2D eigenvalue weighted by molar-refractivity contribution is -0.0135. The number of nitrogens with one attached hydrogen (secondary N) is 2. The van der Waals surface area contributed by atoms with Gasteiger partial charge in [0.05, 0.1) is 0 Å². The smallest absolute Gasteiger partial charge is 0.315 e. The number of hydrogen-bond acceptors (Lipinski definition) is 2. The first-order valence-corrected chi connectivity index (χ1v) is 9.49. The number of piperidine rings is 1. The number of carbonyl (C=O) groups is 1. The highest BCUT2D eigenvalue weighted by Gasteiger charge is 2.51. The van der Waals surface area contributed by atoms with Gasteiger partial charge in [0.25, 0.3) is 0 Å². The van der Waals surface area contributed by atoms with Crippen molar-refractivity contribution in [1.82, 2.24) is 15.5 Å². The van der Waals surface area contributed by atoms with Crippen LogP contribution >= 0.6 is 0 Å². The number of nitrogens with zero attached hydrogens (tertiary/aromatic N) is 1. The van der Waals surface area contributed by atoms with Crippen molar-refractivity contribution in [3.63, 3.8) is 0 Å². The Bertz CT molecular complexity index is 381. The molecule has 0 aromatic rings. The number of rotatable bonds is 4. The number of likely N-dealkylation sites (tertiary alicyclic amines) is 1. The molecule has 1 heterocycles. The average Bonchev–Trinajstić information content (AvgIpc) is 2.46. The fourth-order valence-corrected chi connectivity index (χ4v) is 6.06. The van der Waals surface area contributed by atoms with Gasteiger partial charge in [-0.25, -0.2) is 4.79 Å². The van der Waals surface area contributed by atoms with Crippen LogP contribution in [0.4, 0.5) is 4.79 Å². The van der Waals surface area contributed by atoms with Crippen LogP contribution in [0.3, 0.4) is 0 Å². The van der Waals surface area contributed by atoms with Gasteiger partial charge in [-0.2, -0.15) is 0 Å². The standard InChI is InChI=1S/C18H31N3O/c22-17(19-4-7-21-5-2-1-3-6-21)20-18-11-14-8-15(12-18)10-16(9-14)13-18/h14-16H,1-13H2,(H2,19,20,22). The van der Waals surface area contributed by atoms with Crippen molar-refractivity contribution in [3.05, 3.63) is 0 Å². The van der Waals surface area contributed by atoms with Crippen LogP contribution in [0.25, 0.3) is 0 Å². The van der Waals surface area contributed by atoms with E-state index in [1.54, 1.807) is 0 Å². The van der Waals surface area contributed by atoms with Gasteiger partial charge >= 0.3 is 6.03 Å². The molecule has 4 saturated carbocycles. The highest BCUT2D eigenvalue weighted by molar-refractivity contribution is 5.74. The van der Waals surface area contributed by atoms with Crippen LogP contribution in [0.2, 0.25) is 0 Å². The Morgan fingerprint density at radius 3 is 2.14 bits per heavy atom. The minimum atomic E-state index is 0.0824. The van der Waals surface area contributed by atoms with Crippen molar-refractivity contribution < 1.29 is 4.79 Å². The van der Waals surface area contributed by atoms with E-state index in [0.717, 1.165) is 30.8 Å².